The molecule has 8 heteroatoms. The Bertz CT molecular complexity index is 1020. The second-order valence-corrected chi connectivity index (χ2v) is 6.41. The molecule has 5 N–H and O–H groups in total. The van der Waals surface area contributed by atoms with Crippen molar-refractivity contribution in [2.75, 3.05) is 5.32 Å². The van der Waals surface area contributed by atoms with Gasteiger partial charge in [-0.05, 0) is 29.8 Å². The van der Waals surface area contributed by atoms with Crippen LogP contribution in [-0.4, -0.2) is 26.9 Å². The van der Waals surface area contributed by atoms with Crippen molar-refractivity contribution >= 4 is 28.7 Å². The van der Waals surface area contributed by atoms with Crippen LogP contribution in [0.3, 0.4) is 0 Å². The summed E-state index contributed by atoms with van der Waals surface area (Å²) in [4.78, 5) is 26.0. The number of benzene rings is 1. The van der Waals surface area contributed by atoms with Crippen LogP contribution in [0.25, 0.3) is 0 Å². The Morgan fingerprint density at radius 1 is 1.18 bits per heavy atom. The fraction of sp³-hybridized carbons (Fsp3) is 0.150. The first-order valence-electron chi connectivity index (χ1n) is 7.60. The van der Waals surface area contributed by atoms with E-state index in [1.54, 1.807) is 35.7 Å². The fourth-order valence-corrected chi connectivity index (χ4v) is 3.14. The highest BCUT2D eigenvalue weighted by molar-refractivity contribution is 7.12. The molecule has 0 bridgehead atoms. The lowest BCUT2D eigenvalue weighted by Crippen LogP contribution is -2.20. The van der Waals surface area contributed by atoms with Gasteiger partial charge in [0, 0.05) is 23.7 Å². The van der Waals surface area contributed by atoms with Crippen molar-refractivity contribution in [3.05, 3.63) is 79.9 Å². The third kappa shape index (κ3) is 4.86. The van der Waals surface area contributed by atoms with Crippen molar-refractivity contribution in [2.45, 2.75) is 21.4 Å². The van der Waals surface area contributed by atoms with E-state index in [1.165, 1.54) is 12.3 Å². The molecule has 0 unspecified atom stereocenters. The highest BCUT2D eigenvalue weighted by Crippen LogP contribution is 2.21. The quantitative estimate of drug-likeness (QED) is 0.397. The van der Waals surface area contributed by atoms with E-state index in [1.807, 2.05) is 0 Å². The van der Waals surface area contributed by atoms with Crippen LogP contribution < -0.4 is 10.9 Å². The summed E-state index contributed by atoms with van der Waals surface area (Å²) < 4.78 is 0. The molecule has 2 heterocycles. The minimum atomic E-state index is -1.07. The largest absolute Gasteiger partial charge is 0.508 e. The monoisotopic (exact) mass is 401 g/mol. The van der Waals surface area contributed by atoms with E-state index in [2.05, 4.69) is 10.3 Å². The van der Waals surface area contributed by atoms with Gasteiger partial charge in [-0.25, -0.2) is 4.79 Å². The lowest BCUT2D eigenvalue weighted by molar-refractivity contribution is 0.0702. The number of aromatic hydroxyl groups is 1. The molecule has 0 saturated heterocycles. The number of thiophene rings is 1. The molecule has 148 valence electrons. The molecule has 3 aromatic rings. The van der Waals surface area contributed by atoms with Gasteiger partial charge in [-0.3, -0.25) is 10.2 Å². The normalized spacial score (nSPS) is 9.71. The zero-order valence-electron chi connectivity index (χ0n) is 13.4. The van der Waals surface area contributed by atoms with Gasteiger partial charge in [0.1, 0.15) is 10.6 Å². The number of hydrogen-bond donors (Lipinski definition) is 5. The zero-order chi connectivity index (χ0) is 18.7. The highest BCUT2D eigenvalue weighted by Gasteiger charge is 2.17. The van der Waals surface area contributed by atoms with E-state index in [9.17, 15) is 14.7 Å². The number of pyridine rings is 1. The lowest BCUT2D eigenvalue weighted by atomic mass is 10.0. The molecule has 0 atom stereocenters. The number of carboxylic acid groups (broad SMARTS) is 1. The number of phenols is 1. The van der Waals surface area contributed by atoms with Crippen LogP contribution in [0.15, 0.2) is 52.8 Å². The number of aromatic amines is 1. The summed E-state index contributed by atoms with van der Waals surface area (Å²) in [6.45, 7) is 0.397. The van der Waals surface area contributed by atoms with Gasteiger partial charge in [0.2, 0.25) is 0 Å². The van der Waals surface area contributed by atoms with Crippen LogP contribution in [0.2, 0.25) is 0 Å². The molecule has 0 radical (unpaired) electrons. The first-order valence-corrected chi connectivity index (χ1v) is 8.48. The highest BCUT2D eigenvalue weighted by atomic mass is 32.1. The topological polar surface area (TPSA) is 126 Å². The summed E-state index contributed by atoms with van der Waals surface area (Å²) in [6.07, 6.45) is 1.48. The molecule has 0 aliphatic rings. The van der Waals surface area contributed by atoms with Crippen molar-refractivity contribution in [2.24, 2.45) is 0 Å². The summed E-state index contributed by atoms with van der Waals surface area (Å²) >= 11 is 1.01. The number of aromatic carboxylic acids is 1. The Morgan fingerprint density at radius 3 is 2.46 bits per heavy atom. The van der Waals surface area contributed by atoms with Crippen LogP contribution in [0, 0.1) is 5.41 Å². The molecular formula is C20H23N3O4S. The predicted molar refractivity (Wildman–Crippen MR) is 113 cm³/mol. The minimum Gasteiger partial charge on any atom is -0.508 e. The number of carbonyl (C=O) groups is 1. The van der Waals surface area contributed by atoms with E-state index >= 15 is 0 Å². The van der Waals surface area contributed by atoms with Gasteiger partial charge in [0.25, 0.3) is 5.56 Å². The molecule has 1 aromatic carbocycles. The third-order valence-corrected chi connectivity index (χ3v) is 4.65. The van der Waals surface area contributed by atoms with Crippen molar-refractivity contribution in [1.29, 1.82) is 5.41 Å². The first-order chi connectivity index (χ1) is 12.5. The van der Waals surface area contributed by atoms with E-state index < -0.39 is 11.5 Å². The maximum atomic E-state index is 12.3. The van der Waals surface area contributed by atoms with E-state index in [0.717, 1.165) is 16.9 Å². The van der Waals surface area contributed by atoms with Gasteiger partial charge < -0.3 is 20.5 Å². The molecular weight excluding hydrogens is 378 g/mol. The molecule has 0 aliphatic heterocycles. The van der Waals surface area contributed by atoms with Crippen LogP contribution in [0.4, 0.5) is 5.69 Å². The Hall–Kier alpha value is -3.39. The second kappa shape index (κ2) is 9.52. The van der Waals surface area contributed by atoms with Crippen molar-refractivity contribution in [1.82, 2.24) is 4.98 Å². The smallest absolute Gasteiger partial charge is 0.345 e. The number of H-pyrrole nitrogens is 1. The van der Waals surface area contributed by atoms with Gasteiger partial charge in [-0.15, -0.1) is 11.3 Å². The molecule has 0 aliphatic carbocycles. The van der Waals surface area contributed by atoms with Gasteiger partial charge in [0.05, 0.1) is 17.0 Å². The van der Waals surface area contributed by atoms with Gasteiger partial charge in [-0.1, -0.05) is 27.0 Å². The number of phenolic OH excluding ortho intramolecular Hbond substituents is 1. The van der Waals surface area contributed by atoms with Crippen LogP contribution in [-0.2, 0) is 6.54 Å². The Kier molecular flexibility index (Phi) is 7.70. The van der Waals surface area contributed by atoms with Crippen molar-refractivity contribution in [3.63, 3.8) is 0 Å². The van der Waals surface area contributed by atoms with E-state index in [4.69, 9.17) is 10.5 Å². The molecule has 0 amide bonds. The average Bonchev–Trinajstić information content (AvgIpc) is 3.11. The van der Waals surface area contributed by atoms with E-state index in [-0.39, 0.29) is 36.8 Å². The molecule has 0 spiro atoms. The number of anilines is 1. The summed E-state index contributed by atoms with van der Waals surface area (Å²) in [5.74, 6) is -0.902. The zero-order valence-corrected chi connectivity index (χ0v) is 14.3. The minimum absolute atomic E-state index is 0. The Labute approximate surface area is 166 Å². The van der Waals surface area contributed by atoms with Crippen LogP contribution in [0.1, 0.15) is 41.2 Å². The second-order valence-electron chi connectivity index (χ2n) is 5.50. The Balaban J connectivity index is 0.00000196. The summed E-state index contributed by atoms with van der Waals surface area (Å²) in [6, 6.07) is 9.66. The summed E-state index contributed by atoms with van der Waals surface area (Å²) in [7, 11) is 0. The SMILES string of the molecule is C.C.N=C(c1csc(C(=O)O)c1)c1c(NCc2ccc(O)cc2)cc[nH]c1=O. The number of carboxylic acids is 1. The third-order valence-electron chi connectivity index (χ3n) is 3.73. The van der Waals surface area contributed by atoms with Crippen molar-refractivity contribution in [3.8, 4) is 5.75 Å². The molecule has 7 nitrogen and oxygen atoms in total. The fourth-order valence-electron chi connectivity index (χ4n) is 2.41. The number of aromatic nitrogens is 1. The number of nitrogens with one attached hydrogen (secondary N) is 3. The maximum absolute atomic E-state index is 12.3. The predicted octanol–water partition coefficient (Wildman–Crippen LogP) is 4.14. The van der Waals surface area contributed by atoms with Gasteiger partial charge in [-0.2, -0.15) is 0 Å². The molecule has 0 fully saturated rings. The Morgan fingerprint density at radius 2 is 1.86 bits per heavy atom. The molecule has 28 heavy (non-hydrogen) atoms. The number of hydrogen-bond acceptors (Lipinski definition) is 6. The molecule has 2 aromatic heterocycles. The first kappa shape index (κ1) is 22.7. The van der Waals surface area contributed by atoms with Gasteiger partial charge in [0.15, 0.2) is 0 Å². The lowest BCUT2D eigenvalue weighted by Gasteiger charge is -2.11. The summed E-state index contributed by atoms with van der Waals surface area (Å²) in [5, 5.41) is 31.4. The van der Waals surface area contributed by atoms with Crippen LogP contribution in [0.5, 0.6) is 5.75 Å². The summed E-state index contributed by atoms with van der Waals surface area (Å²) in [5.41, 5.74) is 1.38. The van der Waals surface area contributed by atoms with E-state index in [0.29, 0.717) is 17.8 Å². The molecule has 0 saturated carbocycles. The van der Waals surface area contributed by atoms with Gasteiger partial charge >= 0.3 is 5.97 Å². The van der Waals surface area contributed by atoms with Crippen molar-refractivity contribution < 1.29 is 15.0 Å². The molecule has 3 rings (SSSR count). The van der Waals surface area contributed by atoms with Crippen LogP contribution >= 0.6 is 11.3 Å². The number of rotatable bonds is 6. The average molecular weight is 401 g/mol. The maximum Gasteiger partial charge on any atom is 0.345 e. The standard InChI is InChI=1S/C18H15N3O4S.2CH4/c19-16(11-7-14(18(24)25)26-9-11)15-13(5-6-20-17(15)23)21-8-10-1-3-12(22)4-2-10;;/h1-7,9,19,22H,8H2,(H,24,25)(H2,20,21,23);2*1H4.